The van der Waals surface area contributed by atoms with Crippen molar-refractivity contribution in [2.75, 3.05) is 0 Å². The Balaban J connectivity index is 1.09. The molecule has 0 aliphatic heterocycles. The van der Waals surface area contributed by atoms with Crippen molar-refractivity contribution < 1.29 is 8.83 Å². The van der Waals surface area contributed by atoms with Gasteiger partial charge in [0, 0.05) is 43.1 Å². The van der Waals surface area contributed by atoms with Crippen LogP contribution >= 0.6 is 0 Å². The largest absolute Gasteiger partial charge is 0.456 e. The third-order valence-electron chi connectivity index (χ3n) is 10.9. The summed E-state index contributed by atoms with van der Waals surface area (Å²) in [5.41, 5.74) is 12.5. The molecule has 0 bridgehead atoms. The first-order valence-electron chi connectivity index (χ1n) is 17.7. The first-order valence-corrected chi connectivity index (χ1v) is 17.7. The lowest BCUT2D eigenvalue weighted by Crippen LogP contribution is -1.94. The second-order valence-corrected chi connectivity index (χ2v) is 13.7. The fraction of sp³-hybridized carbons (Fsp3) is 0. The number of para-hydroxylation sites is 6. The second kappa shape index (κ2) is 10.3. The van der Waals surface area contributed by atoms with Crippen LogP contribution in [0.4, 0.5) is 0 Å². The van der Waals surface area contributed by atoms with Crippen LogP contribution in [-0.4, -0.2) is 9.13 Å². The molecule has 0 atom stereocenters. The number of furan rings is 2. The van der Waals surface area contributed by atoms with Crippen LogP contribution in [0.25, 0.3) is 110 Å². The molecule has 4 aromatic heterocycles. The molecule has 0 aliphatic rings. The summed E-state index contributed by atoms with van der Waals surface area (Å²) < 4.78 is 17.9. The summed E-state index contributed by atoms with van der Waals surface area (Å²) in [6.07, 6.45) is 0. The van der Waals surface area contributed by atoms with Gasteiger partial charge in [0.05, 0.1) is 33.4 Å². The molecule has 4 heteroatoms. The lowest BCUT2D eigenvalue weighted by atomic mass is 10.0. The molecule has 0 fully saturated rings. The first-order chi connectivity index (χ1) is 25.8. The zero-order chi connectivity index (χ0) is 33.9. The van der Waals surface area contributed by atoms with E-state index in [4.69, 9.17) is 8.83 Å². The molecule has 0 amide bonds. The highest BCUT2D eigenvalue weighted by molar-refractivity contribution is 6.16. The van der Waals surface area contributed by atoms with Crippen LogP contribution in [0, 0.1) is 0 Å². The summed E-state index contributed by atoms with van der Waals surface area (Å²) in [6.45, 7) is 0. The van der Waals surface area contributed by atoms with E-state index in [0.717, 1.165) is 82.9 Å². The van der Waals surface area contributed by atoms with Crippen molar-refractivity contribution in [3.05, 3.63) is 170 Å². The molecule has 0 unspecified atom stereocenters. The molecule has 0 radical (unpaired) electrons. The summed E-state index contributed by atoms with van der Waals surface area (Å²) in [5.74, 6) is 0. The van der Waals surface area contributed by atoms with Crippen molar-refractivity contribution in [1.82, 2.24) is 9.13 Å². The Morgan fingerprint density at radius 1 is 0.288 bits per heavy atom. The monoisotopic (exact) mass is 664 g/mol. The van der Waals surface area contributed by atoms with Crippen LogP contribution in [0.1, 0.15) is 0 Å². The van der Waals surface area contributed by atoms with Gasteiger partial charge in [-0.25, -0.2) is 0 Å². The fourth-order valence-corrected chi connectivity index (χ4v) is 8.64. The zero-order valence-electron chi connectivity index (χ0n) is 27.9. The summed E-state index contributed by atoms with van der Waals surface area (Å²) in [6, 6.07) is 60.5. The molecule has 0 aliphatic carbocycles. The van der Waals surface area contributed by atoms with Crippen LogP contribution in [0.15, 0.2) is 179 Å². The Kier molecular flexibility index (Phi) is 5.47. The summed E-state index contributed by atoms with van der Waals surface area (Å²) >= 11 is 0. The molecule has 0 saturated heterocycles. The number of nitrogens with zero attached hydrogens (tertiary/aromatic N) is 2. The van der Waals surface area contributed by atoms with E-state index in [9.17, 15) is 0 Å². The van der Waals surface area contributed by atoms with Crippen molar-refractivity contribution in [3.8, 4) is 22.5 Å². The predicted molar refractivity (Wildman–Crippen MR) is 215 cm³/mol. The average Bonchev–Trinajstić information content (AvgIpc) is 3.95. The molecule has 12 rings (SSSR count). The van der Waals surface area contributed by atoms with Crippen molar-refractivity contribution in [2.24, 2.45) is 0 Å². The van der Waals surface area contributed by atoms with Crippen LogP contribution < -0.4 is 0 Å². The third-order valence-corrected chi connectivity index (χ3v) is 10.9. The highest BCUT2D eigenvalue weighted by Crippen LogP contribution is 2.42. The minimum atomic E-state index is 0.870. The Labute approximate surface area is 296 Å². The smallest absolute Gasteiger partial charge is 0.159 e. The number of rotatable bonds is 3. The van der Waals surface area contributed by atoms with Crippen LogP contribution in [0.2, 0.25) is 0 Å². The van der Waals surface area contributed by atoms with Crippen LogP contribution in [-0.2, 0) is 0 Å². The maximum atomic E-state index is 7.07. The molecule has 4 nitrogen and oxygen atoms in total. The maximum absolute atomic E-state index is 7.07. The van der Waals surface area contributed by atoms with Gasteiger partial charge in [0.15, 0.2) is 11.2 Å². The van der Waals surface area contributed by atoms with Crippen molar-refractivity contribution >= 4 is 87.5 Å². The van der Waals surface area contributed by atoms with Gasteiger partial charge >= 0.3 is 0 Å². The van der Waals surface area contributed by atoms with E-state index in [1.165, 1.54) is 27.1 Å². The van der Waals surface area contributed by atoms with Gasteiger partial charge in [0.1, 0.15) is 11.2 Å². The summed E-state index contributed by atoms with van der Waals surface area (Å²) in [7, 11) is 0. The quantitative estimate of drug-likeness (QED) is 0.188. The molecule has 12 aromatic rings. The van der Waals surface area contributed by atoms with Gasteiger partial charge < -0.3 is 18.0 Å². The van der Waals surface area contributed by atoms with Gasteiger partial charge in [-0.15, -0.1) is 0 Å². The van der Waals surface area contributed by atoms with E-state index in [-0.39, 0.29) is 0 Å². The van der Waals surface area contributed by atoms with Gasteiger partial charge in [-0.1, -0.05) is 109 Å². The molecule has 4 heterocycles. The summed E-state index contributed by atoms with van der Waals surface area (Å²) in [4.78, 5) is 0. The molecular weight excluding hydrogens is 637 g/mol. The third kappa shape index (κ3) is 3.70. The van der Waals surface area contributed by atoms with E-state index < -0.39 is 0 Å². The lowest BCUT2D eigenvalue weighted by Gasteiger charge is -2.09. The highest BCUT2D eigenvalue weighted by atomic mass is 16.3. The van der Waals surface area contributed by atoms with Crippen LogP contribution in [0.3, 0.4) is 0 Å². The lowest BCUT2D eigenvalue weighted by molar-refractivity contribution is 0.664. The van der Waals surface area contributed by atoms with E-state index in [2.05, 4.69) is 167 Å². The summed E-state index contributed by atoms with van der Waals surface area (Å²) in [5, 5.41) is 9.33. The Morgan fingerprint density at radius 3 is 1.35 bits per heavy atom. The van der Waals surface area contributed by atoms with Crippen molar-refractivity contribution in [1.29, 1.82) is 0 Å². The number of fused-ring (bicyclic) bond motifs is 12. The number of hydrogen-bond acceptors (Lipinski definition) is 2. The molecule has 52 heavy (non-hydrogen) atoms. The molecule has 242 valence electrons. The van der Waals surface area contributed by atoms with Gasteiger partial charge in [-0.2, -0.15) is 0 Å². The van der Waals surface area contributed by atoms with E-state index in [1.807, 2.05) is 12.1 Å². The van der Waals surface area contributed by atoms with Crippen molar-refractivity contribution in [3.63, 3.8) is 0 Å². The molecule has 0 N–H and O–H groups in total. The Hall–Kier alpha value is -7.04. The molecule has 0 saturated carbocycles. The fourth-order valence-electron chi connectivity index (χ4n) is 8.64. The second-order valence-electron chi connectivity index (χ2n) is 13.7. The van der Waals surface area contributed by atoms with Crippen LogP contribution in [0.5, 0.6) is 0 Å². The topological polar surface area (TPSA) is 36.1 Å². The van der Waals surface area contributed by atoms with Gasteiger partial charge in [-0.05, 0) is 71.8 Å². The maximum Gasteiger partial charge on any atom is 0.159 e. The normalized spacial score (nSPS) is 12.2. The minimum Gasteiger partial charge on any atom is -0.456 e. The number of benzene rings is 8. The predicted octanol–water partition coefficient (Wildman–Crippen LogP) is 13.3. The molecular formula is C48H28N2O2. The Morgan fingerprint density at radius 2 is 0.731 bits per heavy atom. The highest BCUT2D eigenvalue weighted by Gasteiger charge is 2.21. The Bertz CT molecular complexity index is 3370. The number of hydrogen-bond donors (Lipinski definition) is 0. The van der Waals surface area contributed by atoms with Crippen molar-refractivity contribution in [2.45, 2.75) is 0 Å². The van der Waals surface area contributed by atoms with E-state index in [1.54, 1.807) is 0 Å². The van der Waals surface area contributed by atoms with E-state index >= 15 is 0 Å². The zero-order valence-corrected chi connectivity index (χ0v) is 27.9. The first kappa shape index (κ1) is 27.7. The number of aromatic nitrogens is 2. The van der Waals surface area contributed by atoms with E-state index in [0.29, 0.717) is 0 Å². The van der Waals surface area contributed by atoms with Gasteiger partial charge in [0.25, 0.3) is 0 Å². The van der Waals surface area contributed by atoms with Gasteiger partial charge in [0.2, 0.25) is 0 Å². The standard InChI is InChI=1S/C48H28N2O2/c1-5-17-39-31(11-1)32-12-2-6-18-40(32)49(39)43-20-9-15-35-36-16-10-21-44(48(36)52-47(35)43)50-41-19-7-3-13-33(41)37-27-29(23-25-42(37)50)30-24-26-46-38(28-30)34-14-4-8-22-45(34)51-46/h1-28H. The van der Waals surface area contributed by atoms with Gasteiger partial charge in [-0.3, -0.25) is 0 Å². The minimum absolute atomic E-state index is 0.870. The molecule has 8 aromatic carbocycles. The average molecular weight is 665 g/mol. The molecule has 0 spiro atoms. The SMILES string of the molecule is c1ccc2c(c1)oc1ccc(-c3ccc4c(c3)c3ccccc3n4-c3cccc4c3oc3c(-n5c6ccccc6c6ccccc65)cccc34)cc12.